The number of nitrogens with one attached hydrogen (secondary N) is 3. The molecule has 4 aromatic heterocycles. The molecule has 67 heavy (non-hydrogen) atoms. The highest BCUT2D eigenvalue weighted by molar-refractivity contribution is 5.77. The normalized spacial score (nSPS) is 16.0. The number of carbonyl (C=O) groups excluding carboxylic acids is 1. The number of imidazole rings is 2. The summed E-state index contributed by atoms with van der Waals surface area (Å²) in [6.07, 6.45) is 4.05. The number of carbonyl (C=O) groups is 1. The Bertz CT molecular complexity index is 2800. The zero-order valence-corrected chi connectivity index (χ0v) is 37.3. The first-order chi connectivity index (χ1) is 31.7. The molecule has 0 radical (unpaired) electrons. The molecule has 1 amide bonds. The Labute approximate surface area is 394 Å². The summed E-state index contributed by atoms with van der Waals surface area (Å²) < 4.78 is 17.2. The number of benzene rings is 4. The maximum Gasteiger partial charge on any atom is 0.410 e. The Hall–Kier alpha value is -7.05. The summed E-state index contributed by atoms with van der Waals surface area (Å²) in [4.78, 5) is 40.3. The standard InChI is InChI=1S/C29H32N4O3.C24H24N4O.2CH4/c1-29(2,3)36-28(34)33-17-7-8-22(18-33)24-15-16-25-27(30-24)32-26(31-25)21-13-11-20(12-14-21)19-35-23-9-5-4-6-10-23;1-2-6-20(7-3-1)29-16-17-8-10-18(11-9-17)23-27-22-13-12-21(26-24(22)28-23)19-5-4-14-25-15-19;;/h4-6,9-16,22H,7-8,17-19H2,1-3H3,(H,30,31,32);1-3,6-13,19,25H,4-5,14-16H2,(H,26,27,28);2*1H4. The third kappa shape index (κ3) is 12.4. The van der Waals surface area contributed by atoms with E-state index in [1.165, 1.54) is 12.8 Å². The van der Waals surface area contributed by atoms with E-state index < -0.39 is 5.60 Å². The molecule has 4 aromatic carbocycles. The van der Waals surface area contributed by atoms with Gasteiger partial charge in [0.15, 0.2) is 11.3 Å². The van der Waals surface area contributed by atoms with Gasteiger partial charge in [-0.05, 0) is 113 Å². The second-order valence-electron chi connectivity index (χ2n) is 17.8. The summed E-state index contributed by atoms with van der Waals surface area (Å²) in [6, 6.07) is 44.5. The fourth-order valence-corrected chi connectivity index (χ4v) is 8.24. The first-order valence-electron chi connectivity index (χ1n) is 22.7. The highest BCUT2D eigenvalue weighted by atomic mass is 16.6. The summed E-state index contributed by atoms with van der Waals surface area (Å²) in [6.45, 7) is 10.2. The molecule has 3 N–H and O–H groups in total. The van der Waals surface area contributed by atoms with Gasteiger partial charge in [-0.15, -0.1) is 0 Å². The van der Waals surface area contributed by atoms with E-state index >= 15 is 0 Å². The lowest BCUT2D eigenvalue weighted by Gasteiger charge is -2.33. The molecule has 2 aliphatic rings. The SMILES string of the molecule is C.C.CC(C)(C)OC(=O)N1CCCC(c2ccc3[nH]c(-c4ccc(COc5ccccc5)cc4)nc3n2)C1.c1ccc(OCc2ccc(-c3nc4nc(C5CCCNC5)ccc4[nH]3)cc2)cc1. The van der Waals surface area contributed by atoms with E-state index in [1.54, 1.807) is 4.90 Å². The van der Waals surface area contributed by atoms with E-state index in [-0.39, 0.29) is 26.9 Å². The number of fused-ring (bicyclic) bond motifs is 2. The van der Waals surface area contributed by atoms with E-state index in [9.17, 15) is 4.79 Å². The van der Waals surface area contributed by atoms with E-state index in [1.807, 2.05) is 106 Å². The van der Waals surface area contributed by atoms with Crippen molar-refractivity contribution in [1.29, 1.82) is 0 Å². The molecule has 2 aliphatic heterocycles. The van der Waals surface area contributed by atoms with Crippen LogP contribution in [0.2, 0.25) is 0 Å². The molecule has 2 fully saturated rings. The number of aromatic nitrogens is 6. The van der Waals surface area contributed by atoms with Crippen molar-refractivity contribution in [1.82, 2.24) is 40.1 Å². The van der Waals surface area contributed by atoms with Gasteiger partial charge in [-0.1, -0.05) is 99.8 Å². The van der Waals surface area contributed by atoms with Crippen LogP contribution >= 0.6 is 0 Å². The molecule has 12 nitrogen and oxygen atoms in total. The van der Waals surface area contributed by atoms with Gasteiger partial charge in [0.2, 0.25) is 0 Å². The second-order valence-corrected chi connectivity index (χ2v) is 17.8. The first kappa shape index (κ1) is 47.9. The lowest BCUT2D eigenvalue weighted by molar-refractivity contribution is 0.0197. The minimum absolute atomic E-state index is 0. The van der Waals surface area contributed by atoms with Crippen molar-refractivity contribution in [2.45, 2.75) is 92.0 Å². The number of ether oxygens (including phenoxy) is 3. The minimum Gasteiger partial charge on any atom is -0.489 e. The summed E-state index contributed by atoms with van der Waals surface area (Å²) in [5, 5.41) is 3.46. The number of likely N-dealkylation sites (tertiary alicyclic amines) is 1. The molecule has 12 heteroatoms. The molecular weight excluding hydrogens is 837 g/mol. The average Bonchev–Trinajstić information content (AvgIpc) is 3.98. The Balaban J connectivity index is 0.000000197. The van der Waals surface area contributed by atoms with Crippen LogP contribution in [0, 0.1) is 0 Å². The van der Waals surface area contributed by atoms with Gasteiger partial charge < -0.3 is 34.4 Å². The van der Waals surface area contributed by atoms with Crippen LogP contribution in [0.15, 0.2) is 133 Å². The maximum absolute atomic E-state index is 12.6. The van der Waals surface area contributed by atoms with Crippen molar-refractivity contribution in [2.75, 3.05) is 26.2 Å². The van der Waals surface area contributed by atoms with Crippen molar-refractivity contribution in [3.8, 4) is 34.3 Å². The van der Waals surface area contributed by atoms with Gasteiger partial charge in [-0.2, -0.15) is 0 Å². The van der Waals surface area contributed by atoms with Gasteiger partial charge in [0.25, 0.3) is 0 Å². The Morgan fingerprint density at radius 1 is 0.612 bits per heavy atom. The number of hydrogen-bond donors (Lipinski definition) is 3. The summed E-state index contributed by atoms with van der Waals surface area (Å²) in [5.41, 5.74) is 9.20. The van der Waals surface area contributed by atoms with Gasteiger partial charge in [-0.3, -0.25) is 0 Å². The summed E-state index contributed by atoms with van der Waals surface area (Å²) in [7, 11) is 0. The molecule has 8 aromatic rings. The van der Waals surface area contributed by atoms with Gasteiger partial charge >= 0.3 is 6.09 Å². The number of H-pyrrole nitrogens is 2. The monoisotopic (exact) mass is 901 g/mol. The molecule has 2 saturated heterocycles. The predicted molar refractivity (Wildman–Crippen MR) is 268 cm³/mol. The number of nitrogens with zero attached hydrogens (tertiary/aromatic N) is 5. The first-order valence-corrected chi connectivity index (χ1v) is 22.7. The fourth-order valence-electron chi connectivity index (χ4n) is 8.24. The molecule has 0 saturated carbocycles. The summed E-state index contributed by atoms with van der Waals surface area (Å²) >= 11 is 0. The van der Waals surface area contributed by atoms with Crippen molar-refractivity contribution in [3.63, 3.8) is 0 Å². The third-order valence-corrected chi connectivity index (χ3v) is 11.7. The second kappa shape index (κ2) is 22.0. The number of pyridine rings is 2. The number of hydrogen-bond acceptors (Lipinski definition) is 9. The largest absolute Gasteiger partial charge is 0.489 e. The lowest BCUT2D eigenvalue weighted by atomic mass is 9.94. The number of piperidine rings is 2. The molecule has 0 bridgehead atoms. The van der Waals surface area contributed by atoms with Crippen LogP contribution in [0.5, 0.6) is 11.5 Å². The zero-order valence-electron chi connectivity index (χ0n) is 37.3. The van der Waals surface area contributed by atoms with Crippen LogP contribution in [-0.4, -0.2) is 72.7 Å². The zero-order chi connectivity index (χ0) is 44.6. The van der Waals surface area contributed by atoms with Crippen LogP contribution in [0.25, 0.3) is 45.1 Å². The van der Waals surface area contributed by atoms with E-state index in [0.29, 0.717) is 37.9 Å². The predicted octanol–water partition coefficient (Wildman–Crippen LogP) is 12.3. The quantitative estimate of drug-likeness (QED) is 0.122. The van der Waals surface area contributed by atoms with Crippen LogP contribution in [0.4, 0.5) is 4.79 Å². The van der Waals surface area contributed by atoms with Crippen LogP contribution in [-0.2, 0) is 18.0 Å². The van der Waals surface area contributed by atoms with Gasteiger partial charge in [0.1, 0.15) is 42.0 Å². The van der Waals surface area contributed by atoms with Crippen LogP contribution < -0.4 is 14.8 Å². The molecule has 0 spiro atoms. The number of amides is 1. The van der Waals surface area contributed by atoms with Crippen LogP contribution in [0.1, 0.15) is 95.7 Å². The molecular formula is C55H64N8O4. The van der Waals surface area contributed by atoms with Gasteiger partial charge in [-0.25, -0.2) is 24.7 Å². The van der Waals surface area contributed by atoms with Crippen molar-refractivity contribution in [2.24, 2.45) is 0 Å². The lowest BCUT2D eigenvalue weighted by Crippen LogP contribution is -2.42. The number of para-hydroxylation sites is 2. The maximum atomic E-state index is 12.6. The molecule has 6 heterocycles. The van der Waals surface area contributed by atoms with E-state index in [2.05, 4.69) is 63.8 Å². The number of rotatable bonds is 10. The highest BCUT2D eigenvalue weighted by Gasteiger charge is 2.29. The topological polar surface area (TPSA) is 143 Å². The minimum atomic E-state index is -0.500. The van der Waals surface area contributed by atoms with Gasteiger partial charge in [0.05, 0.1) is 11.0 Å². The molecule has 0 aliphatic carbocycles. The Kier molecular flexibility index (Phi) is 15.7. The molecule has 2 unspecified atom stereocenters. The number of aromatic amines is 2. The smallest absolute Gasteiger partial charge is 0.410 e. The molecule has 2 atom stereocenters. The van der Waals surface area contributed by atoms with Crippen molar-refractivity contribution < 1.29 is 19.0 Å². The Morgan fingerprint density at radius 2 is 1.10 bits per heavy atom. The van der Waals surface area contributed by atoms with E-state index in [4.69, 9.17) is 34.1 Å². The highest BCUT2D eigenvalue weighted by Crippen LogP contribution is 2.30. The summed E-state index contributed by atoms with van der Waals surface area (Å²) in [5.74, 6) is 4.01. The third-order valence-electron chi connectivity index (χ3n) is 11.7. The Morgan fingerprint density at radius 3 is 1.58 bits per heavy atom. The van der Waals surface area contributed by atoms with Crippen LogP contribution in [0.3, 0.4) is 0 Å². The average molecular weight is 901 g/mol. The van der Waals surface area contributed by atoms with Gasteiger partial charge in [0, 0.05) is 54.0 Å². The van der Waals surface area contributed by atoms with Crippen molar-refractivity contribution in [3.05, 3.63) is 156 Å². The van der Waals surface area contributed by atoms with E-state index in [0.717, 1.165) is 99.4 Å². The molecule has 348 valence electrons. The fraction of sp³-hybridized carbons (Fsp3) is 0.327. The molecule has 10 rings (SSSR count). The van der Waals surface area contributed by atoms with Crippen molar-refractivity contribution >= 4 is 28.4 Å².